The van der Waals surface area contributed by atoms with Crippen LogP contribution in [0.5, 0.6) is 17.2 Å². The molecular formula is C26H26N2O5S. The van der Waals surface area contributed by atoms with Crippen molar-refractivity contribution in [2.24, 2.45) is 0 Å². The van der Waals surface area contributed by atoms with Crippen LogP contribution in [0.2, 0.25) is 0 Å². The molecule has 0 radical (unpaired) electrons. The third kappa shape index (κ3) is 6.45. The fourth-order valence-corrected chi connectivity index (χ4v) is 4.35. The van der Waals surface area contributed by atoms with Crippen molar-refractivity contribution in [1.82, 2.24) is 0 Å². The summed E-state index contributed by atoms with van der Waals surface area (Å²) in [7, 11) is 0. The number of anilines is 2. The number of carbonyl (C=O) groups is 2. The first kappa shape index (κ1) is 23.5. The van der Waals surface area contributed by atoms with Gasteiger partial charge in [-0.15, -0.1) is 11.8 Å². The molecule has 176 valence electrons. The van der Waals surface area contributed by atoms with Crippen molar-refractivity contribution in [3.05, 3.63) is 72.8 Å². The number of hydrogen-bond donors (Lipinski definition) is 2. The maximum Gasteiger partial charge on any atom is 0.262 e. The maximum atomic E-state index is 12.9. The van der Waals surface area contributed by atoms with Crippen LogP contribution in [-0.2, 0) is 9.59 Å². The van der Waals surface area contributed by atoms with Crippen molar-refractivity contribution >= 4 is 35.0 Å². The third-order valence-corrected chi connectivity index (χ3v) is 6.34. The summed E-state index contributed by atoms with van der Waals surface area (Å²) in [5.74, 6) is 1.59. The number of amides is 2. The summed E-state index contributed by atoms with van der Waals surface area (Å²) in [4.78, 5) is 26.1. The van der Waals surface area contributed by atoms with Gasteiger partial charge < -0.3 is 24.8 Å². The van der Waals surface area contributed by atoms with Gasteiger partial charge in [0.15, 0.2) is 18.1 Å². The average Bonchev–Trinajstić information content (AvgIpc) is 2.87. The fraction of sp³-hybridized carbons (Fsp3) is 0.231. The van der Waals surface area contributed by atoms with E-state index in [9.17, 15) is 9.59 Å². The zero-order chi connectivity index (χ0) is 23.8. The highest BCUT2D eigenvalue weighted by molar-refractivity contribution is 8.00. The largest absolute Gasteiger partial charge is 0.486 e. The number of hydrogen-bond acceptors (Lipinski definition) is 6. The van der Waals surface area contributed by atoms with Crippen molar-refractivity contribution < 1.29 is 23.8 Å². The lowest BCUT2D eigenvalue weighted by atomic mass is 10.2. The number of nitrogens with one attached hydrogen (secondary N) is 2. The van der Waals surface area contributed by atoms with Crippen molar-refractivity contribution in [2.45, 2.75) is 23.5 Å². The van der Waals surface area contributed by atoms with Crippen molar-refractivity contribution in [2.75, 3.05) is 30.5 Å². The first-order valence-electron chi connectivity index (χ1n) is 11.1. The number of para-hydroxylation sites is 1. The second-order valence-electron chi connectivity index (χ2n) is 7.54. The molecule has 1 atom stereocenters. The minimum Gasteiger partial charge on any atom is -0.486 e. The Labute approximate surface area is 202 Å². The van der Waals surface area contributed by atoms with E-state index in [1.807, 2.05) is 43.3 Å². The SMILES string of the molecule is CCC(Sc1cccc(NC(=O)COc2ccccc2)c1)C(=O)Nc1ccc2c(c1)OCCO2. The van der Waals surface area contributed by atoms with Gasteiger partial charge in [0.05, 0.1) is 5.25 Å². The van der Waals surface area contributed by atoms with E-state index < -0.39 is 0 Å². The monoisotopic (exact) mass is 478 g/mol. The van der Waals surface area contributed by atoms with Gasteiger partial charge in [-0.2, -0.15) is 0 Å². The van der Waals surface area contributed by atoms with Gasteiger partial charge in [0.1, 0.15) is 19.0 Å². The molecule has 2 amide bonds. The number of carbonyl (C=O) groups excluding carboxylic acids is 2. The molecule has 4 rings (SSSR count). The highest BCUT2D eigenvalue weighted by Gasteiger charge is 2.20. The molecule has 7 nitrogen and oxygen atoms in total. The number of thioether (sulfide) groups is 1. The number of rotatable bonds is 9. The molecule has 1 aliphatic rings. The lowest BCUT2D eigenvalue weighted by molar-refractivity contribution is -0.118. The quantitative estimate of drug-likeness (QED) is 0.422. The van der Waals surface area contributed by atoms with Crippen LogP contribution in [-0.4, -0.2) is 36.9 Å². The zero-order valence-corrected chi connectivity index (χ0v) is 19.6. The predicted molar refractivity (Wildman–Crippen MR) is 133 cm³/mol. The van der Waals surface area contributed by atoms with Gasteiger partial charge in [0, 0.05) is 22.3 Å². The highest BCUT2D eigenvalue weighted by Crippen LogP contribution is 2.33. The summed E-state index contributed by atoms with van der Waals surface area (Å²) in [6, 6.07) is 22.0. The molecule has 0 fully saturated rings. The van der Waals surface area contributed by atoms with Gasteiger partial charge in [0.2, 0.25) is 5.91 Å². The second kappa shape index (κ2) is 11.5. The lowest BCUT2D eigenvalue weighted by Crippen LogP contribution is -2.24. The Morgan fingerprint density at radius 2 is 1.68 bits per heavy atom. The van der Waals surface area contributed by atoms with E-state index in [0.717, 1.165) is 4.90 Å². The van der Waals surface area contributed by atoms with Gasteiger partial charge in [0.25, 0.3) is 5.91 Å². The topological polar surface area (TPSA) is 85.9 Å². The summed E-state index contributed by atoms with van der Waals surface area (Å²) in [5, 5.41) is 5.49. The molecule has 2 N–H and O–H groups in total. The Kier molecular flexibility index (Phi) is 7.93. The first-order valence-corrected chi connectivity index (χ1v) is 11.9. The van der Waals surface area contributed by atoms with E-state index in [0.29, 0.717) is 48.3 Å². The highest BCUT2D eigenvalue weighted by atomic mass is 32.2. The van der Waals surface area contributed by atoms with Gasteiger partial charge >= 0.3 is 0 Å². The van der Waals surface area contributed by atoms with E-state index in [1.165, 1.54) is 11.8 Å². The van der Waals surface area contributed by atoms with Crippen LogP contribution in [0.4, 0.5) is 11.4 Å². The third-order valence-electron chi connectivity index (χ3n) is 4.98. The van der Waals surface area contributed by atoms with Crippen molar-refractivity contribution in [3.63, 3.8) is 0 Å². The predicted octanol–water partition coefficient (Wildman–Crippen LogP) is 4.98. The van der Waals surface area contributed by atoms with Gasteiger partial charge in [-0.25, -0.2) is 0 Å². The van der Waals surface area contributed by atoms with E-state index in [-0.39, 0.29) is 23.7 Å². The van der Waals surface area contributed by atoms with Gasteiger partial charge in [-0.1, -0.05) is 31.2 Å². The standard InChI is InChI=1S/C26H26N2O5S/c1-2-24(26(30)28-19-11-12-22-23(16-19)32-14-13-31-22)34-21-10-6-7-18(15-21)27-25(29)17-33-20-8-4-3-5-9-20/h3-12,15-16,24H,2,13-14,17H2,1H3,(H,27,29)(H,28,30). The molecular weight excluding hydrogens is 452 g/mol. The van der Waals surface area contributed by atoms with Crippen LogP contribution in [0, 0.1) is 0 Å². The summed E-state index contributed by atoms with van der Waals surface area (Å²) in [6.07, 6.45) is 0.641. The van der Waals surface area contributed by atoms with E-state index in [4.69, 9.17) is 14.2 Å². The lowest BCUT2D eigenvalue weighted by Gasteiger charge is -2.20. The second-order valence-corrected chi connectivity index (χ2v) is 8.82. The Morgan fingerprint density at radius 3 is 2.47 bits per heavy atom. The summed E-state index contributed by atoms with van der Waals surface area (Å²) in [5.41, 5.74) is 1.31. The zero-order valence-electron chi connectivity index (χ0n) is 18.8. The van der Waals surface area contributed by atoms with E-state index in [1.54, 1.807) is 36.4 Å². The van der Waals surface area contributed by atoms with Crippen LogP contribution in [0.25, 0.3) is 0 Å². The average molecular weight is 479 g/mol. The number of fused-ring (bicyclic) bond motifs is 1. The molecule has 1 unspecified atom stereocenters. The molecule has 3 aromatic rings. The minimum absolute atomic E-state index is 0.0864. The van der Waals surface area contributed by atoms with Gasteiger partial charge in [-0.3, -0.25) is 9.59 Å². The Bertz CT molecular complexity index is 1140. The fourth-order valence-electron chi connectivity index (χ4n) is 3.34. The normalized spacial score (nSPS) is 13.0. The molecule has 0 spiro atoms. The van der Waals surface area contributed by atoms with Crippen LogP contribution < -0.4 is 24.8 Å². The van der Waals surface area contributed by atoms with Crippen molar-refractivity contribution in [1.29, 1.82) is 0 Å². The summed E-state index contributed by atoms with van der Waals surface area (Å²) >= 11 is 1.45. The molecule has 34 heavy (non-hydrogen) atoms. The summed E-state index contributed by atoms with van der Waals surface area (Å²) in [6.45, 7) is 2.89. The van der Waals surface area contributed by atoms with Crippen LogP contribution >= 0.6 is 11.8 Å². The Morgan fingerprint density at radius 1 is 0.912 bits per heavy atom. The first-order chi connectivity index (χ1) is 16.6. The molecule has 8 heteroatoms. The minimum atomic E-state index is -0.305. The summed E-state index contributed by atoms with van der Waals surface area (Å²) < 4.78 is 16.6. The molecule has 0 saturated heterocycles. The molecule has 3 aromatic carbocycles. The number of ether oxygens (including phenoxy) is 3. The Hall–Kier alpha value is -3.65. The molecule has 0 aliphatic carbocycles. The van der Waals surface area contributed by atoms with Gasteiger partial charge in [-0.05, 0) is 48.9 Å². The van der Waals surface area contributed by atoms with Crippen LogP contribution in [0.1, 0.15) is 13.3 Å². The molecule has 1 heterocycles. The van der Waals surface area contributed by atoms with Crippen molar-refractivity contribution in [3.8, 4) is 17.2 Å². The molecule has 0 bridgehead atoms. The van der Waals surface area contributed by atoms with E-state index in [2.05, 4.69) is 10.6 Å². The molecule has 0 saturated carbocycles. The number of benzene rings is 3. The smallest absolute Gasteiger partial charge is 0.262 e. The molecule has 0 aromatic heterocycles. The molecule has 1 aliphatic heterocycles. The van der Waals surface area contributed by atoms with Crippen LogP contribution in [0.15, 0.2) is 77.7 Å². The van der Waals surface area contributed by atoms with E-state index >= 15 is 0 Å². The van der Waals surface area contributed by atoms with Crippen LogP contribution in [0.3, 0.4) is 0 Å². The maximum absolute atomic E-state index is 12.9. The Balaban J connectivity index is 1.33.